The van der Waals surface area contributed by atoms with Crippen molar-refractivity contribution in [2.75, 3.05) is 7.05 Å². The summed E-state index contributed by atoms with van der Waals surface area (Å²) in [6.07, 6.45) is 0. The maximum atomic E-state index is 11.6. The molecule has 0 aliphatic rings. The molecular formula is C11H17N3O3S. The second kappa shape index (κ2) is 6.44. The minimum atomic E-state index is -0.496. The van der Waals surface area contributed by atoms with Crippen LogP contribution >= 0.6 is 11.8 Å². The Morgan fingerprint density at radius 1 is 1.44 bits per heavy atom. The molecule has 0 unspecified atom stereocenters. The highest BCUT2D eigenvalue weighted by Gasteiger charge is 2.17. The first kappa shape index (κ1) is 14.6. The molecule has 0 saturated carbocycles. The van der Waals surface area contributed by atoms with Crippen molar-refractivity contribution < 1.29 is 14.1 Å². The molecule has 0 bridgehead atoms. The lowest BCUT2D eigenvalue weighted by Gasteiger charge is -2.10. The van der Waals surface area contributed by atoms with Crippen LogP contribution in [0.3, 0.4) is 0 Å². The molecule has 2 N–H and O–H groups in total. The smallest absolute Gasteiger partial charge is 0.321 e. The van der Waals surface area contributed by atoms with Crippen LogP contribution in [0.25, 0.3) is 0 Å². The SMILES string of the molecule is CNC(=O)NC(=O)[C@@H](C)SCc1c(C)noc1C. The molecule has 100 valence electrons. The maximum Gasteiger partial charge on any atom is 0.321 e. The fourth-order valence-electron chi connectivity index (χ4n) is 1.27. The van der Waals surface area contributed by atoms with Gasteiger partial charge in [0.25, 0.3) is 0 Å². The Hall–Kier alpha value is -1.50. The predicted octanol–water partition coefficient (Wildman–Crippen LogP) is 1.37. The highest BCUT2D eigenvalue weighted by atomic mass is 32.2. The number of aromatic nitrogens is 1. The zero-order chi connectivity index (χ0) is 13.7. The Labute approximate surface area is 110 Å². The van der Waals surface area contributed by atoms with Gasteiger partial charge in [-0.15, -0.1) is 11.8 Å². The summed E-state index contributed by atoms with van der Waals surface area (Å²) in [6.45, 7) is 5.45. The minimum absolute atomic E-state index is 0.314. The molecule has 1 rings (SSSR count). The molecule has 0 fully saturated rings. The third kappa shape index (κ3) is 3.76. The van der Waals surface area contributed by atoms with Gasteiger partial charge in [-0.25, -0.2) is 4.79 Å². The van der Waals surface area contributed by atoms with E-state index in [9.17, 15) is 9.59 Å². The molecule has 0 radical (unpaired) electrons. The number of hydrogen-bond acceptors (Lipinski definition) is 5. The lowest BCUT2D eigenvalue weighted by molar-refractivity contribution is -0.119. The van der Waals surface area contributed by atoms with Crippen LogP contribution in [0, 0.1) is 13.8 Å². The number of carbonyl (C=O) groups is 2. The Morgan fingerprint density at radius 3 is 2.61 bits per heavy atom. The van der Waals surface area contributed by atoms with Gasteiger partial charge >= 0.3 is 6.03 Å². The molecule has 0 spiro atoms. The minimum Gasteiger partial charge on any atom is -0.361 e. The van der Waals surface area contributed by atoms with Crippen molar-refractivity contribution in [1.29, 1.82) is 0 Å². The summed E-state index contributed by atoms with van der Waals surface area (Å²) in [7, 11) is 1.46. The van der Waals surface area contributed by atoms with Crippen molar-refractivity contribution in [3.8, 4) is 0 Å². The summed E-state index contributed by atoms with van der Waals surface area (Å²) in [4.78, 5) is 22.6. The summed E-state index contributed by atoms with van der Waals surface area (Å²) >= 11 is 1.43. The van der Waals surface area contributed by atoms with Crippen LogP contribution in [0.4, 0.5) is 4.79 Å². The van der Waals surface area contributed by atoms with E-state index in [0.717, 1.165) is 17.0 Å². The summed E-state index contributed by atoms with van der Waals surface area (Å²) in [5, 5.41) is 8.10. The highest BCUT2D eigenvalue weighted by Crippen LogP contribution is 2.22. The van der Waals surface area contributed by atoms with E-state index >= 15 is 0 Å². The van der Waals surface area contributed by atoms with Gasteiger partial charge in [-0.1, -0.05) is 5.16 Å². The Kier molecular flexibility index (Phi) is 5.21. The van der Waals surface area contributed by atoms with Crippen LogP contribution in [0.5, 0.6) is 0 Å². The number of carbonyl (C=O) groups excluding carboxylic acids is 2. The van der Waals surface area contributed by atoms with E-state index in [1.54, 1.807) is 6.92 Å². The standard InChI is InChI=1S/C11H17N3O3S/c1-6-9(7(2)17-14-6)5-18-8(3)10(15)13-11(16)12-4/h8H,5H2,1-4H3,(H2,12,13,15,16)/t8-/m1/s1. The monoisotopic (exact) mass is 271 g/mol. The van der Waals surface area contributed by atoms with Gasteiger partial charge in [0.2, 0.25) is 5.91 Å². The van der Waals surface area contributed by atoms with Gasteiger partial charge in [-0.3, -0.25) is 10.1 Å². The summed E-state index contributed by atoms with van der Waals surface area (Å²) in [6, 6.07) is -0.496. The molecule has 1 heterocycles. The number of nitrogens with zero attached hydrogens (tertiary/aromatic N) is 1. The van der Waals surface area contributed by atoms with Crippen LogP contribution in [0.1, 0.15) is 23.9 Å². The topological polar surface area (TPSA) is 84.2 Å². The van der Waals surface area contributed by atoms with Gasteiger partial charge in [-0.05, 0) is 20.8 Å². The Bertz CT molecular complexity index is 425. The van der Waals surface area contributed by atoms with Crippen molar-refractivity contribution >= 4 is 23.7 Å². The van der Waals surface area contributed by atoms with Crippen LogP contribution < -0.4 is 10.6 Å². The molecule has 0 saturated heterocycles. The lowest BCUT2D eigenvalue weighted by atomic mass is 10.2. The first-order valence-electron chi connectivity index (χ1n) is 5.51. The maximum absolute atomic E-state index is 11.6. The fraction of sp³-hybridized carbons (Fsp3) is 0.545. The normalized spacial score (nSPS) is 12.0. The molecule has 1 aromatic heterocycles. The largest absolute Gasteiger partial charge is 0.361 e. The van der Waals surface area contributed by atoms with Crippen LogP contribution in [-0.2, 0) is 10.5 Å². The molecule has 3 amide bonds. The average Bonchev–Trinajstić information content (AvgIpc) is 2.65. The zero-order valence-corrected chi connectivity index (χ0v) is 11.7. The molecule has 0 aliphatic heterocycles. The first-order chi connectivity index (χ1) is 8.45. The number of rotatable bonds is 4. The predicted molar refractivity (Wildman–Crippen MR) is 69.3 cm³/mol. The van der Waals surface area contributed by atoms with Gasteiger partial charge in [0.05, 0.1) is 10.9 Å². The van der Waals surface area contributed by atoms with Crippen LogP contribution in [0.2, 0.25) is 0 Å². The Balaban J connectivity index is 2.48. The number of hydrogen-bond donors (Lipinski definition) is 2. The molecule has 1 aromatic rings. The summed E-state index contributed by atoms with van der Waals surface area (Å²) in [5.74, 6) is 1.08. The van der Waals surface area contributed by atoms with Gasteiger partial charge in [0.1, 0.15) is 5.76 Å². The number of aryl methyl sites for hydroxylation is 2. The lowest BCUT2D eigenvalue weighted by Crippen LogP contribution is -2.41. The molecule has 1 atom stereocenters. The molecule has 7 heteroatoms. The number of amides is 3. The van der Waals surface area contributed by atoms with E-state index < -0.39 is 6.03 Å². The number of imide groups is 1. The van der Waals surface area contributed by atoms with Gasteiger partial charge in [0, 0.05) is 18.4 Å². The summed E-state index contributed by atoms with van der Waals surface area (Å²) in [5.41, 5.74) is 1.83. The van der Waals surface area contributed by atoms with Crippen LogP contribution in [-0.4, -0.2) is 29.4 Å². The van der Waals surface area contributed by atoms with Gasteiger partial charge in [0.15, 0.2) is 0 Å². The molecular weight excluding hydrogens is 254 g/mol. The van der Waals surface area contributed by atoms with E-state index in [-0.39, 0.29) is 11.2 Å². The van der Waals surface area contributed by atoms with Crippen molar-refractivity contribution in [1.82, 2.24) is 15.8 Å². The van der Waals surface area contributed by atoms with Gasteiger partial charge in [-0.2, -0.15) is 0 Å². The number of nitrogens with one attached hydrogen (secondary N) is 2. The Morgan fingerprint density at radius 2 is 2.11 bits per heavy atom. The second-order valence-electron chi connectivity index (χ2n) is 3.82. The first-order valence-corrected chi connectivity index (χ1v) is 6.56. The third-order valence-corrected chi connectivity index (χ3v) is 3.66. The zero-order valence-electron chi connectivity index (χ0n) is 10.9. The number of thioether (sulfide) groups is 1. The van der Waals surface area contributed by atoms with E-state index in [0.29, 0.717) is 5.75 Å². The van der Waals surface area contributed by atoms with Crippen molar-refractivity contribution in [3.63, 3.8) is 0 Å². The average molecular weight is 271 g/mol. The molecule has 6 nitrogen and oxygen atoms in total. The van der Waals surface area contributed by atoms with Crippen molar-refractivity contribution in [3.05, 3.63) is 17.0 Å². The van der Waals surface area contributed by atoms with Crippen LogP contribution in [0.15, 0.2) is 4.52 Å². The quantitative estimate of drug-likeness (QED) is 0.864. The molecule has 0 aromatic carbocycles. The van der Waals surface area contributed by atoms with Gasteiger partial charge < -0.3 is 9.84 Å². The summed E-state index contributed by atoms with van der Waals surface area (Å²) < 4.78 is 5.04. The highest BCUT2D eigenvalue weighted by molar-refractivity contribution is 7.99. The number of urea groups is 1. The fourth-order valence-corrected chi connectivity index (χ4v) is 2.31. The van der Waals surface area contributed by atoms with Crippen molar-refractivity contribution in [2.24, 2.45) is 0 Å². The molecule has 18 heavy (non-hydrogen) atoms. The second-order valence-corrected chi connectivity index (χ2v) is 5.15. The van der Waals surface area contributed by atoms with E-state index in [1.165, 1.54) is 18.8 Å². The van der Waals surface area contributed by atoms with E-state index in [4.69, 9.17) is 4.52 Å². The van der Waals surface area contributed by atoms with Crippen molar-refractivity contribution in [2.45, 2.75) is 31.8 Å². The van der Waals surface area contributed by atoms with E-state index in [2.05, 4.69) is 15.8 Å². The third-order valence-electron chi connectivity index (χ3n) is 2.49. The molecule has 0 aliphatic carbocycles. The van der Waals surface area contributed by atoms with E-state index in [1.807, 2.05) is 13.8 Å².